The first-order chi connectivity index (χ1) is 8.79. The monoisotopic (exact) mass is 247 g/mol. The van der Waals surface area contributed by atoms with Crippen LogP contribution in [-0.2, 0) is 0 Å². The number of hydrogen-bond donors (Lipinski definition) is 1. The Morgan fingerprint density at radius 3 is 2.83 bits per heavy atom. The number of pyridine rings is 1. The van der Waals surface area contributed by atoms with Crippen molar-refractivity contribution in [3.63, 3.8) is 0 Å². The summed E-state index contributed by atoms with van der Waals surface area (Å²) in [5.41, 5.74) is 1.29. The quantitative estimate of drug-likeness (QED) is 0.867. The molecule has 1 aromatic heterocycles. The van der Waals surface area contributed by atoms with Crippen LogP contribution in [0.2, 0.25) is 0 Å². The third-order valence-electron chi connectivity index (χ3n) is 3.80. The molecule has 0 saturated carbocycles. The minimum atomic E-state index is 0.404. The summed E-state index contributed by atoms with van der Waals surface area (Å²) in [4.78, 5) is 6.76. The van der Waals surface area contributed by atoms with E-state index in [1.54, 1.807) is 0 Å². The topological polar surface area (TPSA) is 28.2 Å². The van der Waals surface area contributed by atoms with E-state index in [1.807, 2.05) is 18.5 Å². The molecule has 0 bridgehead atoms. The van der Waals surface area contributed by atoms with Crippen molar-refractivity contribution < 1.29 is 0 Å². The Bertz CT molecular complexity index is 331. The lowest BCUT2D eigenvalue weighted by Gasteiger charge is -2.33. The summed E-state index contributed by atoms with van der Waals surface area (Å²) in [6, 6.07) is 5.23. The smallest absolute Gasteiger partial charge is 0.0315 e. The second-order valence-electron chi connectivity index (χ2n) is 5.29. The molecule has 3 heteroatoms. The highest BCUT2D eigenvalue weighted by atomic mass is 15.1. The number of nitrogens with one attached hydrogen (secondary N) is 1. The van der Waals surface area contributed by atoms with Gasteiger partial charge in [0.2, 0.25) is 0 Å². The Kier molecular flexibility index (Phi) is 5.14. The van der Waals surface area contributed by atoms with Gasteiger partial charge in [-0.2, -0.15) is 0 Å². The molecule has 1 atom stereocenters. The second kappa shape index (κ2) is 6.86. The lowest BCUT2D eigenvalue weighted by Crippen LogP contribution is -2.43. The van der Waals surface area contributed by atoms with Gasteiger partial charge < -0.3 is 10.2 Å². The third-order valence-corrected chi connectivity index (χ3v) is 3.80. The van der Waals surface area contributed by atoms with E-state index in [4.69, 9.17) is 0 Å². The highest BCUT2D eigenvalue weighted by molar-refractivity contribution is 5.13. The van der Waals surface area contributed by atoms with Gasteiger partial charge in [0.05, 0.1) is 0 Å². The molecule has 3 nitrogen and oxygen atoms in total. The third kappa shape index (κ3) is 3.79. The zero-order valence-electron chi connectivity index (χ0n) is 11.6. The maximum absolute atomic E-state index is 4.19. The normalized spacial score (nSPS) is 19.9. The van der Waals surface area contributed by atoms with Crippen LogP contribution in [0.3, 0.4) is 0 Å². The lowest BCUT2D eigenvalue weighted by atomic mass is 10.0. The van der Waals surface area contributed by atoms with Gasteiger partial charge in [-0.25, -0.2) is 0 Å². The van der Waals surface area contributed by atoms with Gasteiger partial charge in [0.15, 0.2) is 0 Å². The minimum absolute atomic E-state index is 0.404. The van der Waals surface area contributed by atoms with Gasteiger partial charge in [0.1, 0.15) is 0 Å². The van der Waals surface area contributed by atoms with E-state index in [2.05, 4.69) is 35.1 Å². The van der Waals surface area contributed by atoms with Crippen molar-refractivity contribution in [3.05, 3.63) is 30.1 Å². The van der Waals surface area contributed by atoms with Crippen molar-refractivity contribution in [1.82, 2.24) is 15.2 Å². The van der Waals surface area contributed by atoms with Crippen molar-refractivity contribution in [2.75, 3.05) is 19.6 Å². The van der Waals surface area contributed by atoms with E-state index >= 15 is 0 Å². The molecule has 0 radical (unpaired) electrons. The molecule has 2 heterocycles. The SMILES string of the molecule is CCCN1CCC(N[C@@H](C)c2cccnc2)CC1. The Morgan fingerprint density at radius 2 is 2.22 bits per heavy atom. The van der Waals surface area contributed by atoms with Crippen LogP contribution in [-0.4, -0.2) is 35.6 Å². The molecule has 1 aliphatic heterocycles. The Labute approximate surface area is 111 Å². The maximum atomic E-state index is 4.19. The van der Waals surface area contributed by atoms with E-state index in [0.29, 0.717) is 12.1 Å². The molecule has 0 aromatic carbocycles. The van der Waals surface area contributed by atoms with E-state index < -0.39 is 0 Å². The molecule has 1 N–H and O–H groups in total. The highest BCUT2D eigenvalue weighted by Gasteiger charge is 2.20. The number of nitrogens with zero attached hydrogens (tertiary/aromatic N) is 2. The van der Waals surface area contributed by atoms with Gasteiger partial charge in [-0.15, -0.1) is 0 Å². The predicted octanol–water partition coefficient (Wildman–Crippen LogP) is 2.61. The Morgan fingerprint density at radius 1 is 1.44 bits per heavy atom. The fourth-order valence-electron chi connectivity index (χ4n) is 2.72. The average molecular weight is 247 g/mol. The molecule has 0 unspecified atom stereocenters. The van der Waals surface area contributed by atoms with E-state index in [0.717, 1.165) is 0 Å². The molecule has 1 fully saturated rings. The lowest BCUT2D eigenvalue weighted by molar-refractivity contribution is 0.192. The number of aromatic nitrogens is 1. The summed E-state index contributed by atoms with van der Waals surface area (Å²) in [5.74, 6) is 0. The molecule has 1 aromatic rings. The Hall–Kier alpha value is -0.930. The van der Waals surface area contributed by atoms with Crippen LogP contribution in [0.15, 0.2) is 24.5 Å². The fourth-order valence-corrected chi connectivity index (χ4v) is 2.72. The van der Waals surface area contributed by atoms with Crippen LogP contribution < -0.4 is 5.32 Å². The van der Waals surface area contributed by atoms with Crippen molar-refractivity contribution in [1.29, 1.82) is 0 Å². The molecule has 0 spiro atoms. The summed E-state index contributed by atoms with van der Waals surface area (Å²) in [6.07, 6.45) is 7.60. The average Bonchev–Trinajstić information content (AvgIpc) is 2.42. The first-order valence-electron chi connectivity index (χ1n) is 7.18. The molecular formula is C15H25N3. The maximum Gasteiger partial charge on any atom is 0.0315 e. The summed E-state index contributed by atoms with van der Waals surface area (Å²) in [5, 5.41) is 3.73. The van der Waals surface area contributed by atoms with Gasteiger partial charge in [-0.3, -0.25) is 4.98 Å². The molecule has 0 aliphatic carbocycles. The van der Waals surface area contributed by atoms with Gasteiger partial charge in [-0.05, 0) is 57.5 Å². The number of hydrogen-bond acceptors (Lipinski definition) is 3. The van der Waals surface area contributed by atoms with Crippen molar-refractivity contribution in [3.8, 4) is 0 Å². The first-order valence-corrected chi connectivity index (χ1v) is 7.18. The van der Waals surface area contributed by atoms with E-state index in [1.165, 1.54) is 44.5 Å². The summed E-state index contributed by atoms with van der Waals surface area (Å²) >= 11 is 0. The minimum Gasteiger partial charge on any atom is -0.307 e. The van der Waals surface area contributed by atoms with E-state index in [-0.39, 0.29) is 0 Å². The van der Waals surface area contributed by atoms with Crippen molar-refractivity contribution in [2.45, 2.75) is 45.2 Å². The van der Waals surface area contributed by atoms with Gasteiger partial charge in [-0.1, -0.05) is 13.0 Å². The van der Waals surface area contributed by atoms with Gasteiger partial charge in [0, 0.05) is 24.5 Å². The zero-order chi connectivity index (χ0) is 12.8. The fraction of sp³-hybridized carbons (Fsp3) is 0.667. The largest absolute Gasteiger partial charge is 0.307 e. The molecular weight excluding hydrogens is 222 g/mol. The molecule has 100 valence electrons. The van der Waals surface area contributed by atoms with Gasteiger partial charge in [0.25, 0.3) is 0 Å². The van der Waals surface area contributed by atoms with Crippen LogP contribution in [0, 0.1) is 0 Å². The standard InChI is InChI=1S/C15H25N3/c1-3-9-18-10-6-15(7-11-18)17-13(2)14-5-4-8-16-12-14/h4-5,8,12-13,15,17H,3,6-7,9-11H2,1-2H3/t13-/m0/s1. The number of rotatable bonds is 5. The van der Waals surface area contributed by atoms with E-state index in [9.17, 15) is 0 Å². The molecule has 2 rings (SSSR count). The van der Waals surface area contributed by atoms with Crippen LogP contribution in [0.1, 0.15) is 44.7 Å². The Balaban J connectivity index is 1.78. The van der Waals surface area contributed by atoms with Crippen LogP contribution in [0.4, 0.5) is 0 Å². The predicted molar refractivity (Wildman–Crippen MR) is 75.5 cm³/mol. The highest BCUT2D eigenvalue weighted by Crippen LogP contribution is 2.16. The molecule has 18 heavy (non-hydrogen) atoms. The van der Waals surface area contributed by atoms with Crippen molar-refractivity contribution in [2.24, 2.45) is 0 Å². The summed E-state index contributed by atoms with van der Waals surface area (Å²) in [6.45, 7) is 8.23. The molecule has 1 saturated heterocycles. The zero-order valence-corrected chi connectivity index (χ0v) is 11.6. The number of piperidine rings is 1. The van der Waals surface area contributed by atoms with Crippen LogP contribution in [0.5, 0.6) is 0 Å². The van der Waals surface area contributed by atoms with Gasteiger partial charge >= 0.3 is 0 Å². The number of likely N-dealkylation sites (tertiary alicyclic amines) is 1. The van der Waals surface area contributed by atoms with Crippen molar-refractivity contribution >= 4 is 0 Å². The second-order valence-corrected chi connectivity index (χ2v) is 5.29. The van der Waals surface area contributed by atoms with Crippen LogP contribution >= 0.6 is 0 Å². The molecule has 1 aliphatic rings. The summed E-state index contributed by atoms with van der Waals surface area (Å²) in [7, 11) is 0. The summed E-state index contributed by atoms with van der Waals surface area (Å²) < 4.78 is 0. The molecule has 0 amide bonds. The first kappa shape index (κ1) is 13.5. The van der Waals surface area contributed by atoms with Crippen LogP contribution in [0.25, 0.3) is 0 Å².